The summed E-state index contributed by atoms with van der Waals surface area (Å²) in [4.78, 5) is 12.9. The van der Waals surface area contributed by atoms with E-state index in [1.807, 2.05) is 12.1 Å². The van der Waals surface area contributed by atoms with E-state index in [1.165, 1.54) is 0 Å². The van der Waals surface area contributed by atoms with Gasteiger partial charge in [-0.1, -0.05) is 29.3 Å². The van der Waals surface area contributed by atoms with Crippen LogP contribution in [0, 0.1) is 0 Å². The molecule has 0 saturated carbocycles. The zero-order valence-electron chi connectivity index (χ0n) is 11.1. The van der Waals surface area contributed by atoms with Gasteiger partial charge in [0.2, 0.25) is 5.91 Å². The van der Waals surface area contributed by atoms with Crippen molar-refractivity contribution in [1.29, 1.82) is 0 Å². The predicted octanol–water partition coefficient (Wildman–Crippen LogP) is 2.46. The molecule has 1 fully saturated rings. The van der Waals surface area contributed by atoms with Crippen molar-refractivity contribution in [3.63, 3.8) is 0 Å². The molecule has 1 aliphatic rings. The van der Waals surface area contributed by atoms with Gasteiger partial charge < -0.3 is 10.5 Å². The number of benzene rings is 1. The third-order valence-corrected chi connectivity index (χ3v) is 4.12. The minimum absolute atomic E-state index is 0.216. The number of halogens is 2. The number of likely N-dealkylation sites (tertiary alicyclic amines) is 1. The quantitative estimate of drug-likeness (QED) is 0.907. The Balaban J connectivity index is 1.75. The minimum Gasteiger partial charge on any atom is -0.373 e. The molecule has 20 heavy (non-hydrogen) atoms. The summed E-state index contributed by atoms with van der Waals surface area (Å²) in [5.41, 5.74) is 6.20. The number of hydrogen-bond donors (Lipinski definition) is 1. The van der Waals surface area contributed by atoms with Crippen molar-refractivity contribution in [2.45, 2.75) is 25.6 Å². The zero-order valence-corrected chi connectivity index (χ0v) is 12.7. The van der Waals surface area contributed by atoms with Crippen LogP contribution in [0.25, 0.3) is 0 Å². The molecule has 1 aromatic rings. The smallest absolute Gasteiger partial charge is 0.231 e. The summed E-state index contributed by atoms with van der Waals surface area (Å²) in [6, 6.07) is 5.51. The van der Waals surface area contributed by atoms with Crippen molar-refractivity contribution in [2.75, 3.05) is 19.6 Å². The molecule has 0 spiro atoms. The lowest BCUT2D eigenvalue weighted by molar-refractivity contribution is -0.119. The summed E-state index contributed by atoms with van der Waals surface area (Å²) in [6.07, 6.45) is 2.04. The maximum absolute atomic E-state index is 10.8. The van der Waals surface area contributed by atoms with Gasteiger partial charge in [-0.15, -0.1) is 0 Å². The van der Waals surface area contributed by atoms with Crippen molar-refractivity contribution in [2.24, 2.45) is 5.73 Å². The Bertz CT molecular complexity index is 474. The van der Waals surface area contributed by atoms with Crippen LogP contribution in [0.1, 0.15) is 18.4 Å². The van der Waals surface area contributed by atoms with Gasteiger partial charge in [0.25, 0.3) is 0 Å². The number of carbonyl (C=O) groups excluding carboxylic acids is 1. The summed E-state index contributed by atoms with van der Waals surface area (Å²) in [5.74, 6) is -0.278. The highest BCUT2D eigenvalue weighted by molar-refractivity contribution is 6.42. The summed E-state index contributed by atoms with van der Waals surface area (Å²) >= 11 is 11.8. The molecule has 2 rings (SSSR count). The number of hydrogen-bond acceptors (Lipinski definition) is 3. The lowest BCUT2D eigenvalue weighted by Crippen LogP contribution is -2.41. The number of nitrogens with zero attached hydrogens (tertiary/aromatic N) is 1. The molecule has 1 heterocycles. The number of nitrogens with two attached hydrogens (primary N) is 1. The van der Waals surface area contributed by atoms with Gasteiger partial charge >= 0.3 is 0 Å². The molecule has 0 aromatic heterocycles. The second-order valence-corrected chi connectivity index (χ2v) is 5.82. The highest BCUT2D eigenvalue weighted by Crippen LogP contribution is 2.23. The molecule has 0 aliphatic carbocycles. The third-order valence-electron chi connectivity index (χ3n) is 3.38. The Hall–Kier alpha value is -0.810. The van der Waals surface area contributed by atoms with Gasteiger partial charge in [0, 0.05) is 13.1 Å². The fourth-order valence-electron chi connectivity index (χ4n) is 2.30. The zero-order chi connectivity index (χ0) is 14.5. The van der Waals surface area contributed by atoms with Crippen molar-refractivity contribution in [3.05, 3.63) is 33.8 Å². The minimum atomic E-state index is -0.278. The predicted molar refractivity (Wildman–Crippen MR) is 79.9 cm³/mol. The normalized spacial score (nSPS) is 17.3. The first kappa shape index (κ1) is 15.6. The van der Waals surface area contributed by atoms with E-state index in [2.05, 4.69) is 4.90 Å². The van der Waals surface area contributed by atoms with Gasteiger partial charge in [-0.3, -0.25) is 9.69 Å². The second kappa shape index (κ2) is 7.27. The molecule has 1 amide bonds. The summed E-state index contributed by atoms with van der Waals surface area (Å²) in [7, 11) is 0. The monoisotopic (exact) mass is 316 g/mol. The molecule has 0 bridgehead atoms. The van der Waals surface area contributed by atoms with Gasteiger partial charge in [-0.25, -0.2) is 0 Å². The van der Waals surface area contributed by atoms with Crippen LogP contribution >= 0.6 is 23.2 Å². The lowest BCUT2D eigenvalue weighted by atomic mass is 10.1. The highest BCUT2D eigenvalue weighted by atomic mass is 35.5. The molecular weight excluding hydrogens is 299 g/mol. The number of piperidine rings is 1. The Labute approximate surface area is 128 Å². The van der Waals surface area contributed by atoms with Crippen LogP contribution in [0.4, 0.5) is 0 Å². The standard InChI is InChI=1S/C14H18Cl2N2O2/c15-12-2-1-10(7-13(12)16)9-20-11-3-5-18(6-4-11)8-14(17)19/h1-2,7,11H,3-6,8-9H2,(H2,17,19). The molecular formula is C14H18Cl2N2O2. The molecule has 0 radical (unpaired) electrons. The van der Waals surface area contributed by atoms with Gasteiger partial charge in [0.1, 0.15) is 0 Å². The number of primary amides is 1. The molecule has 0 atom stereocenters. The number of ether oxygens (including phenoxy) is 1. The number of amides is 1. The largest absolute Gasteiger partial charge is 0.373 e. The first-order chi connectivity index (χ1) is 9.54. The summed E-state index contributed by atoms with van der Waals surface area (Å²) in [6.45, 7) is 2.54. The van der Waals surface area contributed by atoms with E-state index < -0.39 is 0 Å². The van der Waals surface area contributed by atoms with E-state index in [0.717, 1.165) is 31.5 Å². The number of rotatable bonds is 5. The molecule has 0 unspecified atom stereocenters. The Kier molecular flexibility index (Phi) is 5.66. The van der Waals surface area contributed by atoms with Crippen molar-refractivity contribution in [3.8, 4) is 0 Å². The van der Waals surface area contributed by atoms with E-state index in [4.69, 9.17) is 33.7 Å². The first-order valence-corrected chi connectivity index (χ1v) is 7.36. The van der Waals surface area contributed by atoms with E-state index in [9.17, 15) is 4.79 Å². The van der Waals surface area contributed by atoms with Gasteiger partial charge in [-0.05, 0) is 30.5 Å². The van der Waals surface area contributed by atoms with Crippen LogP contribution in [0.3, 0.4) is 0 Å². The van der Waals surface area contributed by atoms with E-state index in [0.29, 0.717) is 23.2 Å². The molecule has 6 heteroatoms. The fourth-order valence-corrected chi connectivity index (χ4v) is 2.62. The topological polar surface area (TPSA) is 55.6 Å². The molecule has 1 aromatic carbocycles. The van der Waals surface area contributed by atoms with Gasteiger partial charge in [0.15, 0.2) is 0 Å². The van der Waals surface area contributed by atoms with Crippen LogP contribution in [0.2, 0.25) is 10.0 Å². The van der Waals surface area contributed by atoms with Crippen LogP contribution in [0.5, 0.6) is 0 Å². The Morgan fingerprint density at radius 1 is 1.30 bits per heavy atom. The highest BCUT2D eigenvalue weighted by Gasteiger charge is 2.20. The van der Waals surface area contributed by atoms with Crippen LogP contribution in [-0.4, -0.2) is 36.5 Å². The Morgan fingerprint density at radius 3 is 2.60 bits per heavy atom. The molecule has 1 saturated heterocycles. The average molecular weight is 317 g/mol. The van der Waals surface area contributed by atoms with Gasteiger partial charge in [-0.2, -0.15) is 0 Å². The SMILES string of the molecule is NC(=O)CN1CCC(OCc2ccc(Cl)c(Cl)c2)CC1. The van der Waals surface area contributed by atoms with Crippen LogP contribution in [0.15, 0.2) is 18.2 Å². The van der Waals surface area contributed by atoms with E-state index >= 15 is 0 Å². The maximum atomic E-state index is 10.8. The molecule has 4 nitrogen and oxygen atoms in total. The van der Waals surface area contributed by atoms with E-state index in [-0.39, 0.29) is 12.0 Å². The molecule has 1 aliphatic heterocycles. The lowest BCUT2D eigenvalue weighted by Gasteiger charge is -2.31. The van der Waals surface area contributed by atoms with Crippen molar-refractivity contribution < 1.29 is 9.53 Å². The Morgan fingerprint density at radius 2 is 2.00 bits per heavy atom. The van der Waals surface area contributed by atoms with Crippen molar-refractivity contribution in [1.82, 2.24) is 4.90 Å². The van der Waals surface area contributed by atoms with Gasteiger partial charge in [0.05, 0.1) is 29.3 Å². The maximum Gasteiger partial charge on any atom is 0.231 e. The summed E-state index contributed by atoms with van der Waals surface area (Å²) < 4.78 is 5.87. The number of carbonyl (C=O) groups is 1. The van der Waals surface area contributed by atoms with E-state index in [1.54, 1.807) is 6.07 Å². The third kappa shape index (κ3) is 4.63. The van der Waals surface area contributed by atoms with Crippen molar-refractivity contribution >= 4 is 29.1 Å². The summed E-state index contributed by atoms with van der Waals surface area (Å²) in [5, 5.41) is 1.10. The first-order valence-electron chi connectivity index (χ1n) is 6.61. The molecule has 110 valence electrons. The van der Waals surface area contributed by atoms with Crippen LogP contribution in [-0.2, 0) is 16.1 Å². The average Bonchev–Trinajstić information content (AvgIpc) is 2.41. The molecule has 2 N–H and O–H groups in total. The van der Waals surface area contributed by atoms with Crippen LogP contribution < -0.4 is 5.73 Å². The fraction of sp³-hybridized carbons (Fsp3) is 0.500. The second-order valence-electron chi connectivity index (χ2n) is 5.00.